The highest BCUT2D eigenvalue weighted by Gasteiger charge is 2.15. The van der Waals surface area contributed by atoms with Crippen molar-refractivity contribution in [3.63, 3.8) is 0 Å². The minimum atomic E-state index is -0.492. The summed E-state index contributed by atoms with van der Waals surface area (Å²) in [5.41, 5.74) is 4.34. The smallest absolute Gasteiger partial charge is 0.266 e. The van der Waals surface area contributed by atoms with Crippen molar-refractivity contribution in [3.8, 4) is 11.8 Å². The lowest BCUT2D eigenvalue weighted by Gasteiger charge is -2.15. The van der Waals surface area contributed by atoms with Gasteiger partial charge in [-0.25, -0.2) is 0 Å². The molecular formula is C26H21BrClIN2O2. The number of aryl methyl sites for hydroxylation is 1. The van der Waals surface area contributed by atoms with Crippen LogP contribution in [0.3, 0.4) is 0 Å². The van der Waals surface area contributed by atoms with E-state index in [0.29, 0.717) is 29.3 Å². The molecule has 0 aromatic heterocycles. The van der Waals surface area contributed by atoms with E-state index in [1.165, 1.54) is 0 Å². The third-order valence-corrected chi connectivity index (χ3v) is 6.90. The second-order valence-electron chi connectivity index (χ2n) is 7.26. The molecule has 0 saturated heterocycles. The zero-order chi connectivity index (χ0) is 24.0. The molecule has 0 aliphatic carbocycles. The Morgan fingerprint density at radius 1 is 1.24 bits per heavy atom. The van der Waals surface area contributed by atoms with Crippen molar-refractivity contribution in [3.05, 3.63) is 95.5 Å². The average Bonchev–Trinajstić information content (AvgIpc) is 2.78. The number of carbonyl (C=O) groups is 1. The van der Waals surface area contributed by atoms with Crippen LogP contribution in [0.1, 0.15) is 29.2 Å². The van der Waals surface area contributed by atoms with E-state index in [1.54, 1.807) is 18.2 Å². The molecule has 7 heteroatoms. The molecule has 0 aliphatic rings. The normalized spacial score (nSPS) is 11.1. The SMILES string of the molecule is CCOc1cc(/C=C(\C#N)C(=O)Nc2cc(Cl)ccc2C)cc(I)c1Cc1ccccc1Br. The number of amides is 1. The summed E-state index contributed by atoms with van der Waals surface area (Å²) in [5, 5.41) is 12.9. The number of halogens is 3. The van der Waals surface area contributed by atoms with Crippen molar-refractivity contribution in [1.82, 2.24) is 0 Å². The van der Waals surface area contributed by atoms with E-state index < -0.39 is 5.91 Å². The third-order valence-electron chi connectivity index (χ3n) is 4.93. The van der Waals surface area contributed by atoms with Gasteiger partial charge in [0.05, 0.1) is 6.61 Å². The van der Waals surface area contributed by atoms with Crippen LogP contribution in [-0.2, 0) is 11.2 Å². The fourth-order valence-electron chi connectivity index (χ4n) is 3.24. The summed E-state index contributed by atoms with van der Waals surface area (Å²) in [5.74, 6) is 0.239. The second kappa shape index (κ2) is 11.7. The molecule has 1 N–H and O–H groups in total. The number of hydrogen-bond donors (Lipinski definition) is 1. The van der Waals surface area contributed by atoms with Gasteiger partial charge in [-0.15, -0.1) is 0 Å². The molecular weight excluding hydrogens is 615 g/mol. The highest BCUT2D eigenvalue weighted by Crippen LogP contribution is 2.32. The van der Waals surface area contributed by atoms with Crippen molar-refractivity contribution in [2.24, 2.45) is 0 Å². The maximum atomic E-state index is 12.8. The zero-order valence-corrected chi connectivity index (χ0v) is 22.6. The van der Waals surface area contributed by atoms with Gasteiger partial charge < -0.3 is 10.1 Å². The number of rotatable bonds is 7. The first-order valence-electron chi connectivity index (χ1n) is 10.2. The van der Waals surface area contributed by atoms with Crippen molar-refractivity contribution in [2.45, 2.75) is 20.3 Å². The fourth-order valence-corrected chi connectivity index (χ4v) is 4.65. The molecule has 0 aliphatic heterocycles. The lowest BCUT2D eigenvalue weighted by molar-refractivity contribution is -0.112. The summed E-state index contributed by atoms with van der Waals surface area (Å²) >= 11 is 11.9. The maximum Gasteiger partial charge on any atom is 0.266 e. The van der Waals surface area contributed by atoms with Crippen molar-refractivity contribution in [1.29, 1.82) is 5.26 Å². The van der Waals surface area contributed by atoms with Gasteiger partial charge in [-0.2, -0.15) is 5.26 Å². The molecule has 33 heavy (non-hydrogen) atoms. The fraction of sp³-hybridized carbons (Fsp3) is 0.154. The van der Waals surface area contributed by atoms with E-state index in [1.807, 2.05) is 56.3 Å². The molecule has 3 aromatic rings. The number of anilines is 1. The van der Waals surface area contributed by atoms with Crippen LogP contribution in [0.5, 0.6) is 5.75 Å². The molecule has 3 rings (SSSR count). The number of hydrogen-bond acceptors (Lipinski definition) is 3. The molecule has 0 unspecified atom stereocenters. The van der Waals surface area contributed by atoms with Gasteiger partial charge in [0.2, 0.25) is 0 Å². The van der Waals surface area contributed by atoms with Crippen molar-refractivity contribution >= 4 is 67.8 Å². The Balaban J connectivity index is 1.94. The van der Waals surface area contributed by atoms with E-state index in [4.69, 9.17) is 16.3 Å². The minimum absolute atomic E-state index is 0.00817. The van der Waals surface area contributed by atoms with Gasteiger partial charge in [-0.05, 0) is 89.5 Å². The van der Waals surface area contributed by atoms with Gasteiger partial charge in [-0.1, -0.05) is 51.8 Å². The molecule has 4 nitrogen and oxygen atoms in total. The largest absolute Gasteiger partial charge is 0.494 e. The number of nitriles is 1. The molecule has 3 aromatic carbocycles. The first-order chi connectivity index (χ1) is 15.8. The predicted molar refractivity (Wildman–Crippen MR) is 146 cm³/mol. The summed E-state index contributed by atoms with van der Waals surface area (Å²) in [4.78, 5) is 12.8. The van der Waals surface area contributed by atoms with Gasteiger partial charge >= 0.3 is 0 Å². The standard InChI is InChI=1S/C26H21BrClIN2O2/c1-3-33-25-12-17(11-23(29)21(25)13-18-6-4-5-7-22(18)27)10-19(15-30)26(32)31-24-14-20(28)9-8-16(24)2/h4-12,14H,3,13H2,1-2H3,(H,31,32)/b19-10+. The number of carbonyl (C=O) groups excluding carboxylic acids is 1. The molecule has 0 radical (unpaired) electrons. The van der Waals surface area contributed by atoms with Crippen LogP contribution >= 0.6 is 50.1 Å². The molecule has 1 amide bonds. The van der Waals surface area contributed by atoms with Crippen molar-refractivity contribution < 1.29 is 9.53 Å². The molecule has 0 heterocycles. The van der Waals surface area contributed by atoms with Crippen LogP contribution in [0.4, 0.5) is 5.69 Å². The van der Waals surface area contributed by atoms with Crippen LogP contribution in [0.2, 0.25) is 5.02 Å². The zero-order valence-electron chi connectivity index (χ0n) is 18.1. The van der Waals surface area contributed by atoms with Crippen molar-refractivity contribution in [2.75, 3.05) is 11.9 Å². The number of ether oxygens (including phenoxy) is 1. The van der Waals surface area contributed by atoms with Gasteiger partial charge in [-0.3, -0.25) is 4.79 Å². The van der Waals surface area contributed by atoms with E-state index >= 15 is 0 Å². The summed E-state index contributed by atoms with van der Waals surface area (Å²) in [6.45, 7) is 4.30. The number of benzene rings is 3. The maximum absolute atomic E-state index is 12.8. The second-order valence-corrected chi connectivity index (χ2v) is 9.72. The van der Waals surface area contributed by atoms with Gasteiger partial charge in [0.1, 0.15) is 17.4 Å². The van der Waals surface area contributed by atoms with Crippen LogP contribution in [0.15, 0.2) is 64.6 Å². The Bertz CT molecular complexity index is 1270. The number of nitrogens with zero attached hydrogens (tertiary/aromatic N) is 1. The van der Waals surface area contributed by atoms with Crippen LogP contribution < -0.4 is 10.1 Å². The number of nitrogens with one attached hydrogen (secondary N) is 1. The van der Waals surface area contributed by atoms with Crippen LogP contribution in [-0.4, -0.2) is 12.5 Å². The topological polar surface area (TPSA) is 62.1 Å². The predicted octanol–water partition coefficient (Wildman–Crippen LogP) is 7.55. The Morgan fingerprint density at radius 3 is 2.70 bits per heavy atom. The monoisotopic (exact) mass is 634 g/mol. The quantitative estimate of drug-likeness (QED) is 0.166. The Labute approximate surface area is 220 Å². The highest BCUT2D eigenvalue weighted by molar-refractivity contribution is 14.1. The molecule has 0 fully saturated rings. The lowest BCUT2D eigenvalue weighted by atomic mass is 10.0. The summed E-state index contributed by atoms with van der Waals surface area (Å²) in [6.07, 6.45) is 2.26. The Hall–Kier alpha value is -2.34. The van der Waals surface area contributed by atoms with Gasteiger partial charge in [0, 0.05) is 30.7 Å². The molecule has 168 valence electrons. The average molecular weight is 636 g/mol. The first-order valence-corrected chi connectivity index (χ1v) is 12.4. The van der Waals surface area contributed by atoms with E-state index in [-0.39, 0.29) is 5.57 Å². The molecule has 0 atom stereocenters. The molecule has 0 spiro atoms. The van der Waals surface area contributed by atoms with E-state index in [0.717, 1.165) is 30.5 Å². The first kappa shape index (κ1) is 25.3. The van der Waals surface area contributed by atoms with Gasteiger partial charge in [0.15, 0.2) is 0 Å². The van der Waals surface area contributed by atoms with Crippen LogP contribution in [0, 0.1) is 21.8 Å². The minimum Gasteiger partial charge on any atom is -0.494 e. The molecule has 0 bridgehead atoms. The molecule has 0 saturated carbocycles. The van der Waals surface area contributed by atoms with E-state index in [2.05, 4.69) is 49.9 Å². The Morgan fingerprint density at radius 2 is 2.00 bits per heavy atom. The summed E-state index contributed by atoms with van der Waals surface area (Å²) in [7, 11) is 0. The van der Waals surface area contributed by atoms with Gasteiger partial charge in [0.25, 0.3) is 5.91 Å². The van der Waals surface area contributed by atoms with E-state index in [9.17, 15) is 10.1 Å². The summed E-state index contributed by atoms with van der Waals surface area (Å²) < 4.78 is 7.95. The third kappa shape index (κ3) is 6.59. The lowest BCUT2D eigenvalue weighted by Crippen LogP contribution is -2.14. The summed E-state index contributed by atoms with van der Waals surface area (Å²) in [6, 6.07) is 19.1. The Kier molecular flexibility index (Phi) is 8.95. The van der Waals surface area contributed by atoms with Crippen LogP contribution in [0.25, 0.3) is 6.08 Å². The highest BCUT2D eigenvalue weighted by atomic mass is 127.